The molecule has 0 spiro atoms. The molecular formula is C22H25N5O3. The van der Waals surface area contributed by atoms with Crippen LogP contribution in [0.4, 0.5) is 5.69 Å². The maximum Gasteiger partial charge on any atom is 0.293 e. The Labute approximate surface area is 175 Å². The Balaban J connectivity index is 1.33. The zero-order valence-electron chi connectivity index (χ0n) is 16.9. The molecule has 8 heteroatoms. The summed E-state index contributed by atoms with van der Waals surface area (Å²) in [6.45, 7) is 3.00. The average molecular weight is 407 g/mol. The first kappa shape index (κ1) is 19.9. The monoisotopic (exact) mass is 407 g/mol. The molecule has 1 fully saturated rings. The lowest BCUT2D eigenvalue weighted by Gasteiger charge is -2.35. The highest BCUT2D eigenvalue weighted by Gasteiger charge is 2.25. The van der Waals surface area contributed by atoms with Gasteiger partial charge in [0.05, 0.1) is 19.8 Å². The number of amides is 1. The standard InChI is InChI=1S/C22H25N5O3/c1-30-19-9-7-17(8-10-19)20(28)15-27-16-23-21(24-27)22(29)26-13-11-25(12-14-26)18-5-3-2-4-6-18/h2-10,16,20,28H,11-15H2,1H3. The second kappa shape index (κ2) is 8.96. The lowest BCUT2D eigenvalue weighted by atomic mass is 10.1. The van der Waals surface area contributed by atoms with Crippen molar-refractivity contribution in [2.24, 2.45) is 0 Å². The molecule has 1 atom stereocenters. The second-order valence-electron chi connectivity index (χ2n) is 7.19. The highest BCUT2D eigenvalue weighted by atomic mass is 16.5. The topological polar surface area (TPSA) is 83.7 Å². The zero-order chi connectivity index (χ0) is 20.9. The van der Waals surface area contributed by atoms with E-state index in [2.05, 4.69) is 27.1 Å². The van der Waals surface area contributed by atoms with Crippen molar-refractivity contribution in [3.8, 4) is 5.75 Å². The van der Waals surface area contributed by atoms with E-state index < -0.39 is 6.10 Å². The van der Waals surface area contributed by atoms with Gasteiger partial charge in [0.15, 0.2) is 0 Å². The summed E-state index contributed by atoms with van der Waals surface area (Å²) in [6, 6.07) is 17.4. The van der Waals surface area contributed by atoms with Gasteiger partial charge < -0.3 is 19.6 Å². The van der Waals surface area contributed by atoms with Crippen LogP contribution in [-0.4, -0.2) is 64.0 Å². The molecular weight excluding hydrogens is 382 g/mol. The molecule has 0 bridgehead atoms. The number of nitrogens with zero attached hydrogens (tertiary/aromatic N) is 5. The minimum absolute atomic E-state index is 0.157. The number of aliphatic hydroxyl groups excluding tert-OH is 1. The van der Waals surface area contributed by atoms with Crippen LogP contribution in [0.3, 0.4) is 0 Å². The molecule has 0 saturated carbocycles. The van der Waals surface area contributed by atoms with E-state index in [1.807, 2.05) is 18.2 Å². The molecule has 1 aromatic heterocycles. The van der Waals surface area contributed by atoms with E-state index >= 15 is 0 Å². The van der Waals surface area contributed by atoms with Gasteiger partial charge in [-0.15, -0.1) is 5.10 Å². The summed E-state index contributed by atoms with van der Waals surface area (Å²) in [5.74, 6) is 0.706. The van der Waals surface area contributed by atoms with Gasteiger partial charge in [-0.25, -0.2) is 9.67 Å². The summed E-state index contributed by atoms with van der Waals surface area (Å²) in [4.78, 5) is 21.0. The smallest absolute Gasteiger partial charge is 0.293 e. The Kier molecular flexibility index (Phi) is 5.94. The van der Waals surface area contributed by atoms with E-state index in [1.165, 1.54) is 16.7 Å². The number of para-hydroxylation sites is 1. The minimum atomic E-state index is -0.755. The Bertz CT molecular complexity index is 966. The second-order valence-corrected chi connectivity index (χ2v) is 7.19. The number of anilines is 1. The number of carbonyl (C=O) groups excluding carboxylic acids is 1. The molecule has 1 aliphatic rings. The number of methoxy groups -OCH3 is 1. The number of ether oxygens (including phenoxy) is 1. The van der Waals surface area contributed by atoms with E-state index in [0.717, 1.165) is 24.4 Å². The van der Waals surface area contributed by atoms with E-state index in [9.17, 15) is 9.90 Å². The first-order valence-corrected chi connectivity index (χ1v) is 9.95. The molecule has 1 aliphatic heterocycles. The van der Waals surface area contributed by atoms with E-state index in [-0.39, 0.29) is 18.3 Å². The van der Waals surface area contributed by atoms with Crippen LogP contribution in [-0.2, 0) is 6.54 Å². The van der Waals surface area contributed by atoms with Gasteiger partial charge in [0.1, 0.15) is 12.1 Å². The largest absolute Gasteiger partial charge is 0.497 e. The van der Waals surface area contributed by atoms with Crippen LogP contribution in [0.25, 0.3) is 0 Å². The van der Waals surface area contributed by atoms with Crippen molar-refractivity contribution in [1.82, 2.24) is 19.7 Å². The van der Waals surface area contributed by atoms with Crippen molar-refractivity contribution in [1.29, 1.82) is 0 Å². The van der Waals surface area contributed by atoms with Crippen LogP contribution < -0.4 is 9.64 Å². The molecule has 3 aromatic rings. The van der Waals surface area contributed by atoms with Crippen LogP contribution in [0.1, 0.15) is 22.3 Å². The van der Waals surface area contributed by atoms with Gasteiger partial charge in [-0.2, -0.15) is 0 Å². The minimum Gasteiger partial charge on any atom is -0.497 e. The predicted molar refractivity (Wildman–Crippen MR) is 113 cm³/mol. The summed E-state index contributed by atoms with van der Waals surface area (Å²) in [5.41, 5.74) is 1.91. The Hall–Kier alpha value is -3.39. The molecule has 1 amide bonds. The van der Waals surface area contributed by atoms with Crippen LogP contribution in [0, 0.1) is 0 Å². The molecule has 30 heavy (non-hydrogen) atoms. The fourth-order valence-corrected chi connectivity index (χ4v) is 3.54. The molecule has 2 heterocycles. The summed E-state index contributed by atoms with van der Waals surface area (Å²) < 4.78 is 6.63. The summed E-state index contributed by atoms with van der Waals surface area (Å²) in [7, 11) is 1.60. The van der Waals surface area contributed by atoms with E-state index in [1.54, 1.807) is 36.3 Å². The summed E-state index contributed by atoms with van der Waals surface area (Å²) in [6.07, 6.45) is 0.732. The number of aromatic nitrogens is 3. The predicted octanol–water partition coefficient (Wildman–Crippen LogP) is 1.98. The number of piperazine rings is 1. The lowest BCUT2D eigenvalue weighted by Crippen LogP contribution is -2.49. The van der Waals surface area contributed by atoms with Crippen molar-refractivity contribution in [2.75, 3.05) is 38.2 Å². The van der Waals surface area contributed by atoms with Crippen molar-refractivity contribution in [2.45, 2.75) is 12.6 Å². The normalized spacial score (nSPS) is 15.1. The third-order valence-electron chi connectivity index (χ3n) is 5.28. The molecule has 2 aromatic carbocycles. The highest BCUT2D eigenvalue weighted by molar-refractivity contribution is 5.90. The fraction of sp³-hybridized carbons (Fsp3) is 0.318. The molecule has 8 nitrogen and oxygen atoms in total. The molecule has 1 saturated heterocycles. The van der Waals surface area contributed by atoms with Crippen LogP contribution in [0.5, 0.6) is 5.75 Å². The van der Waals surface area contributed by atoms with E-state index in [4.69, 9.17) is 4.74 Å². The number of hydrogen-bond donors (Lipinski definition) is 1. The van der Waals surface area contributed by atoms with Crippen molar-refractivity contribution in [3.63, 3.8) is 0 Å². The maximum atomic E-state index is 12.8. The van der Waals surface area contributed by atoms with E-state index in [0.29, 0.717) is 13.1 Å². The van der Waals surface area contributed by atoms with Crippen molar-refractivity contribution in [3.05, 3.63) is 72.3 Å². The SMILES string of the molecule is COc1ccc(C(O)Cn2cnc(C(=O)N3CCN(c4ccccc4)CC3)n2)cc1. The molecule has 1 unspecified atom stereocenters. The first-order valence-electron chi connectivity index (χ1n) is 9.95. The number of rotatable bonds is 6. The van der Waals surface area contributed by atoms with Gasteiger partial charge >= 0.3 is 0 Å². The van der Waals surface area contributed by atoms with Gasteiger partial charge in [0.2, 0.25) is 5.82 Å². The van der Waals surface area contributed by atoms with Gasteiger partial charge in [-0.3, -0.25) is 4.79 Å². The third-order valence-corrected chi connectivity index (χ3v) is 5.28. The fourth-order valence-electron chi connectivity index (χ4n) is 3.54. The van der Waals surface area contributed by atoms with Crippen LogP contribution in [0.2, 0.25) is 0 Å². The molecule has 156 valence electrons. The Morgan fingerprint density at radius 2 is 1.77 bits per heavy atom. The number of hydrogen-bond acceptors (Lipinski definition) is 6. The number of aliphatic hydroxyl groups is 1. The van der Waals surface area contributed by atoms with Crippen LogP contribution in [0.15, 0.2) is 60.9 Å². The van der Waals surface area contributed by atoms with Gasteiger partial charge in [0.25, 0.3) is 5.91 Å². The summed E-state index contributed by atoms with van der Waals surface area (Å²) in [5, 5.41) is 14.7. The van der Waals surface area contributed by atoms with Gasteiger partial charge in [-0.05, 0) is 29.8 Å². The Morgan fingerprint density at radius 3 is 2.43 bits per heavy atom. The maximum absolute atomic E-state index is 12.8. The van der Waals surface area contributed by atoms with Gasteiger partial charge in [-0.1, -0.05) is 30.3 Å². The highest BCUT2D eigenvalue weighted by Crippen LogP contribution is 2.19. The summed E-state index contributed by atoms with van der Waals surface area (Å²) >= 11 is 0. The quantitative estimate of drug-likeness (QED) is 0.673. The average Bonchev–Trinajstić information content (AvgIpc) is 3.27. The zero-order valence-corrected chi connectivity index (χ0v) is 16.9. The first-order chi connectivity index (χ1) is 14.6. The van der Waals surface area contributed by atoms with Crippen molar-refractivity contribution < 1.29 is 14.6 Å². The molecule has 0 aliphatic carbocycles. The molecule has 0 radical (unpaired) electrons. The molecule has 4 rings (SSSR count). The van der Waals surface area contributed by atoms with Crippen molar-refractivity contribution >= 4 is 11.6 Å². The van der Waals surface area contributed by atoms with Gasteiger partial charge in [0, 0.05) is 31.9 Å². The lowest BCUT2D eigenvalue weighted by molar-refractivity contribution is 0.0733. The Morgan fingerprint density at radius 1 is 1.07 bits per heavy atom. The molecule has 1 N–H and O–H groups in total. The number of carbonyl (C=O) groups is 1. The third kappa shape index (κ3) is 4.44. The van der Waals surface area contributed by atoms with Crippen LogP contribution >= 0.6 is 0 Å². The number of benzene rings is 2.